The van der Waals surface area contributed by atoms with E-state index < -0.39 is 5.97 Å². The van der Waals surface area contributed by atoms with E-state index in [1.165, 1.54) is 13.2 Å². The fourth-order valence-corrected chi connectivity index (χ4v) is 2.56. The van der Waals surface area contributed by atoms with Gasteiger partial charge in [0.1, 0.15) is 11.6 Å². The number of hydrogen-bond donors (Lipinski definition) is 1. The zero-order valence-corrected chi connectivity index (χ0v) is 10.9. The summed E-state index contributed by atoms with van der Waals surface area (Å²) in [4.78, 5) is 12.5. The standard InChI is InChI=1S/C14H18FNO3/c1-19-11-2-3-12(13(15)8-11)10-4-6-16(7-5-10)9-14(17)18/h2-3,8,10H,4-7,9H2,1H3,(H,17,18). The summed E-state index contributed by atoms with van der Waals surface area (Å²) in [6.07, 6.45) is 1.58. The number of carbonyl (C=O) groups is 1. The molecule has 1 aliphatic rings. The first-order valence-electron chi connectivity index (χ1n) is 6.37. The van der Waals surface area contributed by atoms with Crippen LogP contribution < -0.4 is 4.74 Å². The van der Waals surface area contributed by atoms with Crippen LogP contribution >= 0.6 is 0 Å². The lowest BCUT2D eigenvalue weighted by Crippen LogP contribution is -2.36. The largest absolute Gasteiger partial charge is 0.497 e. The zero-order valence-electron chi connectivity index (χ0n) is 10.9. The van der Waals surface area contributed by atoms with Gasteiger partial charge in [-0.25, -0.2) is 4.39 Å². The molecule has 19 heavy (non-hydrogen) atoms. The molecule has 0 saturated carbocycles. The van der Waals surface area contributed by atoms with Gasteiger partial charge in [0, 0.05) is 6.07 Å². The number of carboxylic acid groups (broad SMARTS) is 1. The average molecular weight is 267 g/mol. The number of nitrogens with zero attached hydrogens (tertiary/aromatic N) is 1. The maximum absolute atomic E-state index is 13.9. The second-order valence-electron chi connectivity index (χ2n) is 4.83. The van der Waals surface area contributed by atoms with Crippen molar-refractivity contribution < 1.29 is 19.0 Å². The predicted octanol–water partition coefficient (Wildman–Crippen LogP) is 2.10. The van der Waals surface area contributed by atoms with Gasteiger partial charge in [0.25, 0.3) is 0 Å². The van der Waals surface area contributed by atoms with Crippen molar-refractivity contribution in [2.75, 3.05) is 26.7 Å². The average Bonchev–Trinajstić information content (AvgIpc) is 2.39. The number of rotatable bonds is 4. The van der Waals surface area contributed by atoms with Crippen molar-refractivity contribution in [2.45, 2.75) is 18.8 Å². The second-order valence-corrected chi connectivity index (χ2v) is 4.83. The molecule has 104 valence electrons. The third kappa shape index (κ3) is 3.44. The molecular weight excluding hydrogens is 249 g/mol. The molecule has 4 nitrogen and oxygen atoms in total. The molecule has 2 rings (SSSR count). The van der Waals surface area contributed by atoms with E-state index >= 15 is 0 Å². The number of halogens is 1. The van der Waals surface area contributed by atoms with Crippen LogP contribution in [0.1, 0.15) is 24.3 Å². The van der Waals surface area contributed by atoms with Crippen LogP contribution in [0, 0.1) is 5.82 Å². The summed E-state index contributed by atoms with van der Waals surface area (Å²) < 4.78 is 18.9. The minimum absolute atomic E-state index is 0.0673. The van der Waals surface area contributed by atoms with Crippen LogP contribution in [0.4, 0.5) is 4.39 Å². The van der Waals surface area contributed by atoms with E-state index in [2.05, 4.69) is 0 Å². The van der Waals surface area contributed by atoms with Gasteiger partial charge in [-0.3, -0.25) is 9.69 Å². The van der Waals surface area contributed by atoms with Gasteiger partial charge in [0.2, 0.25) is 0 Å². The summed E-state index contributed by atoms with van der Waals surface area (Å²) in [6, 6.07) is 4.94. The highest BCUT2D eigenvalue weighted by Crippen LogP contribution is 2.31. The lowest BCUT2D eigenvalue weighted by Gasteiger charge is -2.31. The molecule has 0 bridgehead atoms. The van der Waals surface area contributed by atoms with E-state index in [9.17, 15) is 9.18 Å². The van der Waals surface area contributed by atoms with Crippen molar-refractivity contribution in [1.29, 1.82) is 0 Å². The molecular formula is C14H18FNO3. The molecule has 1 fully saturated rings. The van der Waals surface area contributed by atoms with Crippen LogP contribution in [-0.2, 0) is 4.79 Å². The molecule has 0 amide bonds. The molecule has 0 aromatic heterocycles. The summed E-state index contributed by atoms with van der Waals surface area (Å²) in [5.41, 5.74) is 0.704. The molecule has 1 aromatic rings. The highest BCUT2D eigenvalue weighted by molar-refractivity contribution is 5.69. The quantitative estimate of drug-likeness (QED) is 0.907. The molecule has 0 unspecified atom stereocenters. The Labute approximate surface area is 111 Å². The van der Waals surface area contributed by atoms with Crippen LogP contribution in [0.25, 0.3) is 0 Å². The van der Waals surface area contributed by atoms with Gasteiger partial charge in [-0.1, -0.05) is 6.07 Å². The van der Waals surface area contributed by atoms with E-state index in [-0.39, 0.29) is 18.3 Å². The fraction of sp³-hybridized carbons (Fsp3) is 0.500. The highest BCUT2D eigenvalue weighted by Gasteiger charge is 2.23. The monoisotopic (exact) mass is 267 g/mol. The number of benzene rings is 1. The first kappa shape index (κ1) is 13.8. The van der Waals surface area contributed by atoms with Crippen molar-refractivity contribution in [3.8, 4) is 5.75 Å². The molecule has 1 aromatic carbocycles. The topological polar surface area (TPSA) is 49.8 Å². The Morgan fingerprint density at radius 2 is 2.16 bits per heavy atom. The number of hydrogen-bond acceptors (Lipinski definition) is 3. The van der Waals surface area contributed by atoms with Gasteiger partial charge in [-0.2, -0.15) is 0 Å². The lowest BCUT2D eigenvalue weighted by molar-refractivity contribution is -0.138. The Morgan fingerprint density at radius 1 is 1.47 bits per heavy atom. The Bertz CT molecular complexity index is 456. The normalized spacial score (nSPS) is 17.4. The van der Waals surface area contributed by atoms with Crippen LogP contribution in [-0.4, -0.2) is 42.7 Å². The first-order chi connectivity index (χ1) is 9.10. The number of ether oxygens (including phenoxy) is 1. The van der Waals surface area contributed by atoms with Crippen molar-refractivity contribution in [3.05, 3.63) is 29.6 Å². The number of likely N-dealkylation sites (tertiary alicyclic amines) is 1. The van der Waals surface area contributed by atoms with E-state index in [1.807, 2.05) is 4.90 Å². The Hall–Kier alpha value is -1.62. The zero-order chi connectivity index (χ0) is 13.8. The van der Waals surface area contributed by atoms with Crippen molar-refractivity contribution >= 4 is 5.97 Å². The van der Waals surface area contributed by atoms with E-state index in [1.54, 1.807) is 12.1 Å². The highest BCUT2D eigenvalue weighted by atomic mass is 19.1. The van der Waals surface area contributed by atoms with Crippen LogP contribution in [0.15, 0.2) is 18.2 Å². The SMILES string of the molecule is COc1ccc(C2CCN(CC(=O)O)CC2)c(F)c1. The molecule has 0 spiro atoms. The van der Waals surface area contributed by atoms with Gasteiger partial charge < -0.3 is 9.84 Å². The van der Waals surface area contributed by atoms with E-state index in [4.69, 9.17) is 9.84 Å². The van der Waals surface area contributed by atoms with E-state index in [0.717, 1.165) is 12.8 Å². The van der Waals surface area contributed by atoms with Gasteiger partial charge in [-0.15, -0.1) is 0 Å². The Balaban J connectivity index is 1.99. The Kier molecular flexibility index (Phi) is 4.37. The third-order valence-corrected chi connectivity index (χ3v) is 3.59. The van der Waals surface area contributed by atoms with Gasteiger partial charge in [-0.05, 0) is 43.5 Å². The number of carboxylic acids is 1. The van der Waals surface area contributed by atoms with Crippen LogP contribution in [0.3, 0.4) is 0 Å². The minimum Gasteiger partial charge on any atom is -0.497 e. The maximum atomic E-state index is 13.9. The van der Waals surface area contributed by atoms with Crippen LogP contribution in [0.2, 0.25) is 0 Å². The van der Waals surface area contributed by atoms with Crippen molar-refractivity contribution in [2.24, 2.45) is 0 Å². The first-order valence-corrected chi connectivity index (χ1v) is 6.37. The van der Waals surface area contributed by atoms with Crippen molar-refractivity contribution in [1.82, 2.24) is 4.90 Å². The molecule has 0 atom stereocenters. The lowest BCUT2D eigenvalue weighted by atomic mass is 9.89. The molecule has 1 heterocycles. The smallest absolute Gasteiger partial charge is 0.317 e. The van der Waals surface area contributed by atoms with Crippen molar-refractivity contribution in [3.63, 3.8) is 0 Å². The molecule has 1 aliphatic heterocycles. The van der Waals surface area contributed by atoms with E-state index in [0.29, 0.717) is 24.4 Å². The predicted molar refractivity (Wildman–Crippen MR) is 69.0 cm³/mol. The summed E-state index contributed by atoms with van der Waals surface area (Å²) in [6.45, 7) is 1.46. The van der Waals surface area contributed by atoms with Crippen LogP contribution in [0.5, 0.6) is 5.75 Å². The number of aliphatic carboxylic acids is 1. The Morgan fingerprint density at radius 3 is 2.68 bits per heavy atom. The van der Waals surface area contributed by atoms with Gasteiger partial charge in [0.15, 0.2) is 0 Å². The second kappa shape index (κ2) is 6.02. The number of piperidine rings is 1. The summed E-state index contributed by atoms with van der Waals surface area (Å²) >= 11 is 0. The fourth-order valence-electron chi connectivity index (χ4n) is 2.56. The molecule has 5 heteroatoms. The summed E-state index contributed by atoms with van der Waals surface area (Å²) in [7, 11) is 1.51. The maximum Gasteiger partial charge on any atom is 0.317 e. The summed E-state index contributed by atoms with van der Waals surface area (Å²) in [5, 5.41) is 8.73. The minimum atomic E-state index is -0.811. The molecule has 0 aliphatic carbocycles. The third-order valence-electron chi connectivity index (χ3n) is 3.59. The number of methoxy groups -OCH3 is 1. The van der Waals surface area contributed by atoms with Gasteiger partial charge in [0.05, 0.1) is 13.7 Å². The molecule has 1 N–H and O–H groups in total. The van der Waals surface area contributed by atoms with Gasteiger partial charge >= 0.3 is 5.97 Å². The molecule has 1 saturated heterocycles. The summed E-state index contributed by atoms with van der Waals surface area (Å²) in [5.74, 6) is -0.370. The molecule has 0 radical (unpaired) electrons.